The zero-order chi connectivity index (χ0) is 62.4. The summed E-state index contributed by atoms with van der Waals surface area (Å²) < 4.78 is 27.3. The highest BCUT2D eigenvalue weighted by molar-refractivity contribution is 5.93. The number of hydrogen-bond acceptors (Lipinski definition) is 13. The third kappa shape index (κ3) is 15.2. The minimum absolute atomic E-state index is 0.0127. The lowest BCUT2D eigenvalue weighted by molar-refractivity contribution is -0.146. The number of ether oxygens (including phenoxy) is 5. The molecule has 9 aromatic rings. The number of aromatic nitrogens is 4. The number of aromatic carboxylic acids is 3. The maximum atomic E-state index is 13.4. The quantitative estimate of drug-likeness (QED) is 0.0177. The Labute approximate surface area is 507 Å². The van der Waals surface area contributed by atoms with Gasteiger partial charge in [0.05, 0.1) is 68.3 Å². The number of esters is 2. The first-order valence-electron chi connectivity index (χ1n) is 28.4. The van der Waals surface area contributed by atoms with Gasteiger partial charge in [-0.2, -0.15) is 0 Å². The largest absolute Gasteiger partial charge is 0.504 e. The average Bonchev–Trinajstić information content (AvgIpc) is 1.72. The topological polar surface area (TPSA) is 325 Å². The van der Waals surface area contributed by atoms with Crippen LogP contribution in [-0.4, -0.2) is 141 Å². The van der Waals surface area contributed by atoms with Gasteiger partial charge in [-0.15, -0.1) is 0 Å². The van der Waals surface area contributed by atoms with E-state index in [1.54, 1.807) is 91.0 Å². The number of carboxylic acid groups (broad SMARTS) is 3. The van der Waals surface area contributed by atoms with Crippen LogP contribution in [0.5, 0.6) is 11.5 Å². The molecule has 10 N–H and O–H groups in total. The summed E-state index contributed by atoms with van der Waals surface area (Å²) in [5.41, 5.74) is 9.75. The van der Waals surface area contributed by atoms with Gasteiger partial charge < -0.3 is 74.5 Å². The van der Waals surface area contributed by atoms with Crippen molar-refractivity contribution in [3.05, 3.63) is 258 Å². The number of aromatic hydroxyl groups is 2. The second-order valence-electron chi connectivity index (χ2n) is 20.5. The van der Waals surface area contributed by atoms with Crippen LogP contribution in [-0.2, 0) is 39.7 Å². The Bertz CT molecular complexity index is 4330. The molecule has 10 rings (SSSR count). The first-order chi connectivity index (χ1) is 43.2. The highest BCUT2D eigenvalue weighted by Crippen LogP contribution is 2.30. The number of aromatic amines is 4. The fourth-order valence-corrected chi connectivity index (χ4v) is 10.2. The van der Waals surface area contributed by atoms with Crippen molar-refractivity contribution in [2.24, 2.45) is 0 Å². The smallest absolute Gasteiger partial charge is 0.338 e. The van der Waals surface area contributed by atoms with Crippen molar-refractivity contribution in [1.29, 1.82) is 0 Å². The van der Waals surface area contributed by atoms with Gasteiger partial charge in [-0.05, 0) is 143 Å². The molecule has 21 heteroatoms. The number of rotatable bonds is 26. The first-order valence-corrected chi connectivity index (χ1v) is 28.4. The van der Waals surface area contributed by atoms with E-state index < -0.39 is 29.8 Å². The minimum Gasteiger partial charge on any atom is -0.504 e. The number of H-pyrrole nitrogens is 4. The normalized spacial score (nSPS) is 12.0. The molecule has 89 heavy (non-hydrogen) atoms. The van der Waals surface area contributed by atoms with Gasteiger partial charge in [0.2, 0.25) is 5.91 Å². The monoisotopic (exact) mass is 1200 g/mol. The molecule has 0 unspecified atom stereocenters. The summed E-state index contributed by atoms with van der Waals surface area (Å²) in [5.74, 6) is -5.09. The predicted octanol–water partition coefficient (Wildman–Crippen LogP) is 5.70. The van der Waals surface area contributed by atoms with E-state index in [-0.39, 0.29) is 99.8 Å². The fraction of sp³-hybridized carbons (Fsp3) is 0.176. The molecule has 0 radical (unpaired) electrons. The molecule has 0 aliphatic carbocycles. The molecule has 1 amide bonds. The summed E-state index contributed by atoms with van der Waals surface area (Å²) in [7, 11) is 0. The number of phenolic OH excluding ortho intramolecular Hbond substituents is 2. The summed E-state index contributed by atoms with van der Waals surface area (Å²) in [4.78, 5) is 88.1. The summed E-state index contributed by atoms with van der Waals surface area (Å²) in [5, 5.41) is 53.9. The van der Waals surface area contributed by atoms with Gasteiger partial charge in [-0.25, -0.2) is 19.2 Å². The molecule has 0 fully saturated rings. The Kier molecular flexibility index (Phi) is 19.5. The van der Waals surface area contributed by atoms with Crippen LogP contribution in [0, 0.1) is 0 Å². The molecule has 5 heterocycles. The number of fused-ring (bicyclic) bond motifs is 8. The number of hydrogen-bond donors (Lipinski definition) is 10. The maximum Gasteiger partial charge on any atom is 0.338 e. The third-order valence-corrected chi connectivity index (χ3v) is 14.6. The number of benzene rings is 5. The number of amides is 1. The van der Waals surface area contributed by atoms with Crippen LogP contribution in [0.3, 0.4) is 0 Å². The van der Waals surface area contributed by atoms with E-state index in [4.69, 9.17) is 23.7 Å². The molecule has 5 aromatic carbocycles. The van der Waals surface area contributed by atoms with Crippen molar-refractivity contribution >= 4 is 58.0 Å². The number of nitrogens with one attached hydrogen (secondary N) is 5. The highest BCUT2D eigenvalue weighted by atomic mass is 16.6. The van der Waals surface area contributed by atoms with Crippen LogP contribution >= 0.6 is 0 Å². The van der Waals surface area contributed by atoms with Gasteiger partial charge in [-0.3, -0.25) is 9.59 Å². The van der Waals surface area contributed by atoms with Gasteiger partial charge in [-0.1, -0.05) is 54.6 Å². The second-order valence-corrected chi connectivity index (χ2v) is 20.5. The molecule has 0 atom stereocenters. The number of carbonyl (C=O) groups excluding carboxylic acids is 3. The molecule has 0 saturated carbocycles. The second kappa shape index (κ2) is 28.5. The van der Waals surface area contributed by atoms with Gasteiger partial charge >= 0.3 is 29.8 Å². The van der Waals surface area contributed by atoms with Crippen molar-refractivity contribution < 1.29 is 78.0 Å². The summed E-state index contributed by atoms with van der Waals surface area (Å²) in [6.45, 7) is 1.53. The van der Waals surface area contributed by atoms with Crippen LogP contribution in [0.2, 0.25) is 0 Å². The van der Waals surface area contributed by atoms with Crippen molar-refractivity contribution in [3.63, 3.8) is 0 Å². The lowest BCUT2D eigenvalue weighted by Crippen LogP contribution is -2.26. The third-order valence-electron chi connectivity index (χ3n) is 14.6. The molecule has 8 bridgehead atoms. The lowest BCUT2D eigenvalue weighted by atomic mass is 10.0. The molecule has 1 aliphatic rings. The van der Waals surface area contributed by atoms with Crippen molar-refractivity contribution in [2.75, 3.05) is 59.4 Å². The van der Waals surface area contributed by atoms with Crippen LogP contribution in [0.25, 0.3) is 22.3 Å². The Morgan fingerprint density at radius 2 is 0.730 bits per heavy atom. The maximum absolute atomic E-state index is 13.4. The molecular weight excluding hydrogens is 1140 g/mol. The summed E-state index contributed by atoms with van der Waals surface area (Å²) in [6.07, 6.45) is 0.299. The van der Waals surface area contributed by atoms with E-state index in [0.717, 1.165) is 16.7 Å². The SMILES string of the molecule is O=C(CCC(=O)OCCOCCOCCOCCOC(=O)c1ccc(C2=c3ccc([nH]3)=C(c3ccc(C(=O)O)cc3)c3ccc([nH]3)C(c3ccc(C(=O)O)cc3)=c3ccc([nH]3)=C(c3ccc(C(=O)O)cc3)c3ccc2[nH]3)cc1)NCCc1ccc(O)c(O)c1. The van der Waals surface area contributed by atoms with E-state index in [2.05, 4.69) is 25.3 Å². The van der Waals surface area contributed by atoms with E-state index >= 15 is 0 Å². The standard InChI is InChI=1S/C68H61N5O16/c74-57-26-1-40(39-58(57)75)29-30-69-59(76)27-28-60(77)88-37-35-86-33-31-85-32-34-87-36-38-89-68(84)48-16-8-44(9-17-48)64-55-24-22-53(72-55)62(42-4-12-46(13-5-42)66(80)81)51-20-18-49(70-51)61(41-2-10-45(11-3-41)65(78)79)50-19-21-52(71-50)63(54-23-25-56(64)73-54)43-6-14-47(15-7-43)67(82)83/h1-26,39,70-75H,27-38H2,(H,69,76)(H,78,79)(H,80,81)(H,82,83). The van der Waals surface area contributed by atoms with E-state index in [0.29, 0.717) is 96.1 Å². The average molecular weight is 1200 g/mol. The van der Waals surface area contributed by atoms with Gasteiger partial charge in [0, 0.05) is 79.4 Å². The van der Waals surface area contributed by atoms with E-state index in [1.807, 2.05) is 60.7 Å². The molecule has 1 aliphatic heterocycles. The van der Waals surface area contributed by atoms with E-state index in [1.165, 1.54) is 12.1 Å². The summed E-state index contributed by atoms with van der Waals surface area (Å²) in [6, 6.07) is 46.5. The lowest BCUT2D eigenvalue weighted by Gasteiger charge is -2.11. The molecule has 454 valence electrons. The number of carbonyl (C=O) groups is 6. The molecule has 0 saturated heterocycles. The van der Waals surface area contributed by atoms with Gasteiger partial charge in [0.15, 0.2) is 11.5 Å². The summed E-state index contributed by atoms with van der Waals surface area (Å²) >= 11 is 0. The zero-order valence-corrected chi connectivity index (χ0v) is 47.8. The van der Waals surface area contributed by atoms with Gasteiger partial charge in [0.25, 0.3) is 0 Å². The fourth-order valence-electron chi connectivity index (χ4n) is 10.2. The predicted molar refractivity (Wildman–Crippen MR) is 324 cm³/mol. The highest BCUT2D eigenvalue weighted by Gasteiger charge is 2.21. The Morgan fingerprint density at radius 3 is 1.10 bits per heavy atom. The molecule has 0 spiro atoms. The Balaban J connectivity index is 0.810. The van der Waals surface area contributed by atoms with E-state index in [9.17, 15) is 54.3 Å². The van der Waals surface area contributed by atoms with Crippen molar-refractivity contribution in [1.82, 2.24) is 25.3 Å². The van der Waals surface area contributed by atoms with Crippen molar-refractivity contribution in [3.8, 4) is 11.5 Å². The molecule has 4 aromatic heterocycles. The van der Waals surface area contributed by atoms with Crippen molar-refractivity contribution in [2.45, 2.75) is 19.3 Å². The van der Waals surface area contributed by atoms with Crippen LogP contribution in [0.4, 0.5) is 0 Å². The van der Waals surface area contributed by atoms with Crippen LogP contribution in [0.1, 0.15) is 105 Å². The Morgan fingerprint density at radius 1 is 0.371 bits per heavy atom. The molecular formula is C68H61N5O16. The van der Waals surface area contributed by atoms with Crippen LogP contribution < -0.4 is 26.7 Å². The zero-order valence-electron chi connectivity index (χ0n) is 47.8. The number of carboxylic acids is 3. The van der Waals surface area contributed by atoms with Crippen LogP contribution in [0.15, 0.2) is 164 Å². The first kappa shape index (κ1) is 61.1. The Hall–Kier alpha value is -11.0. The van der Waals surface area contributed by atoms with Gasteiger partial charge in [0.1, 0.15) is 13.2 Å². The molecule has 21 nitrogen and oxygen atoms in total. The number of phenols is 2. The minimum atomic E-state index is -1.07.